The number of halogens is 2. The van der Waals surface area contributed by atoms with Gasteiger partial charge in [0.1, 0.15) is 29.2 Å². The van der Waals surface area contributed by atoms with Crippen molar-refractivity contribution in [1.29, 1.82) is 0 Å². The van der Waals surface area contributed by atoms with Crippen LogP contribution in [0.1, 0.15) is 33.4 Å². The first-order chi connectivity index (χ1) is 25.5. The largest absolute Gasteiger partial charge is 0.496 e. The first-order valence-electron chi connectivity index (χ1n) is 16.7. The molecule has 5 aromatic rings. The molecule has 0 amide bonds. The molecule has 0 fully saturated rings. The number of aliphatic hydroxyl groups excluding tert-OH is 2. The fourth-order valence-corrected chi connectivity index (χ4v) is 6.26. The standard InChI is InChI=1S/C40H41ClFN3O8/c1-22-25(16-32(42)26-12-13-27(36(17-26)50-3)19-44-35(21-47)40(49)52-5)8-6-9-28(22)29-10-7-11-30(23(29)2)38-45-33-15-24(14-31(41)37(33)53-38)18-43-34(20-46)39(48)51-4/h6-17,34-35,43-44,46-47H,18-21H2,1-5H3/b32-16-/t34-,35-/m1/s1. The van der Waals surface area contributed by atoms with E-state index < -0.39 is 43.1 Å². The summed E-state index contributed by atoms with van der Waals surface area (Å²) in [4.78, 5) is 28.4. The number of aliphatic hydroxyl groups is 2. The molecule has 4 aromatic carbocycles. The van der Waals surface area contributed by atoms with Gasteiger partial charge in [-0.1, -0.05) is 54.1 Å². The van der Waals surface area contributed by atoms with E-state index in [4.69, 9.17) is 35.2 Å². The van der Waals surface area contributed by atoms with Gasteiger partial charge >= 0.3 is 11.9 Å². The number of methoxy groups -OCH3 is 3. The predicted octanol–water partition coefficient (Wildman–Crippen LogP) is 6.16. The van der Waals surface area contributed by atoms with Crippen LogP contribution in [-0.2, 0) is 32.2 Å². The van der Waals surface area contributed by atoms with Crippen LogP contribution in [0.3, 0.4) is 0 Å². The summed E-state index contributed by atoms with van der Waals surface area (Å²) < 4.78 is 36.9. The van der Waals surface area contributed by atoms with Crippen molar-refractivity contribution in [3.8, 4) is 28.3 Å². The minimum Gasteiger partial charge on any atom is -0.496 e. The van der Waals surface area contributed by atoms with E-state index in [1.54, 1.807) is 30.3 Å². The number of hydrogen-bond donors (Lipinski definition) is 4. The Kier molecular flexibility index (Phi) is 13.0. The number of esters is 2. The van der Waals surface area contributed by atoms with E-state index in [0.29, 0.717) is 44.5 Å². The van der Waals surface area contributed by atoms with Crippen molar-refractivity contribution in [2.75, 3.05) is 34.5 Å². The lowest BCUT2D eigenvalue weighted by molar-refractivity contribution is -0.145. The Labute approximate surface area is 311 Å². The first kappa shape index (κ1) is 39.1. The van der Waals surface area contributed by atoms with Crippen molar-refractivity contribution < 1.29 is 42.8 Å². The quantitative estimate of drug-likeness (QED) is 0.0721. The zero-order valence-electron chi connectivity index (χ0n) is 30.0. The number of oxazole rings is 1. The average Bonchev–Trinajstić information content (AvgIpc) is 3.60. The molecule has 0 radical (unpaired) electrons. The third-order valence-electron chi connectivity index (χ3n) is 9.01. The molecule has 11 nitrogen and oxygen atoms in total. The molecule has 0 aliphatic heterocycles. The van der Waals surface area contributed by atoms with Gasteiger partial charge in [-0.05, 0) is 77.6 Å². The molecule has 1 heterocycles. The lowest BCUT2D eigenvalue weighted by Crippen LogP contribution is -2.40. The summed E-state index contributed by atoms with van der Waals surface area (Å²) >= 11 is 6.59. The molecule has 278 valence electrons. The van der Waals surface area contributed by atoms with Crippen LogP contribution < -0.4 is 15.4 Å². The van der Waals surface area contributed by atoms with E-state index in [1.165, 1.54) is 27.4 Å². The molecule has 53 heavy (non-hydrogen) atoms. The van der Waals surface area contributed by atoms with Crippen molar-refractivity contribution >= 4 is 46.5 Å². The zero-order chi connectivity index (χ0) is 38.2. The average molecular weight is 746 g/mol. The van der Waals surface area contributed by atoms with Crippen molar-refractivity contribution in [2.45, 2.75) is 39.0 Å². The normalized spacial score (nSPS) is 12.8. The molecule has 0 saturated heterocycles. The number of nitrogens with zero attached hydrogens (tertiary/aromatic N) is 1. The highest BCUT2D eigenvalue weighted by molar-refractivity contribution is 6.34. The number of carbonyl (C=O) groups is 2. The molecule has 13 heteroatoms. The molecule has 2 atom stereocenters. The fraction of sp³-hybridized carbons (Fsp3) is 0.275. The first-order valence-corrected chi connectivity index (χ1v) is 17.1. The number of fused-ring (bicyclic) bond motifs is 1. The smallest absolute Gasteiger partial charge is 0.325 e. The van der Waals surface area contributed by atoms with Crippen LogP contribution in [0.25, 0.3) is 45.6 Å². The predicted molar refractivity (Wildman–Crippen MR) is 201 cm³/mol. The van der Waals surface area contributed by atoms with E-state index >= 15 is 4.39 Å². The lowest BCUT2D eigenvalue weighted by atomic mass is 9.91. The number of benzene rings is 4. The van der Waals surface area contributed by atoms with E-state index in [-0.39, 0.29) is 13.1 Å². The van der Waals surface area contributed by atoms with E-state index in [9.17, 15) is 19.8 Å². The fourth-order valence-electron chi connectivity index (χ4n) is 5.99. The summed E-state index contributed by atoms with van der Waals surface area (Å²) in [5, 5.41) is 25.3. The molecular weight excluding hydrogens is 705 g/mol. The highest BCUT2D eigenvalue weighted by atomic mass is 35.5. The number of ether oxygens (including phenoxy) is 3. The van der Waals surface area contributed by atoms with Gasteiger partial charge in [0.15, 0.2) is 5.58 Å². The van der Waals surface area contributed by atoms with Gasteiger partial charge in [0, 0.05) is 29.8 Å². The molecule has 0 aliphatic carbocycles. The van der Waals surface area contributed by atoms with E-state index in [2.05, 4.69) is 10.6 Å². The van der Waals surface area contributed by atoms with Crippen molar-refractivity contribution in [2.24, 2.45) is 0 Å². The third kappa shape index (κ3) is 8.75. The number of hydrogen-bond acceptors (Lipinski definition) is 11. The maximum Gasteiger partial charge on any atom is 0.325 e. The summed E-state index contributed by atoms with van der Waals surface area (Å²) in [7, 11) is 3.98. The summed E-state index contributed by atoms with van der Waals surface area (Å²) in [5.74, 6) is -0.844. The molecule has 0 bridgehead atoms. The maximum atomic E-state index is 15.8. The number of rotatable bonds is 15. The Morgan fingerprint density at radius 1 is 0.868 bits per heavy atom. The third-order valence-corrected chi connectivity index (χ3v) is 9.29. The van der Waals surface area contributed by atoms with Gasteiger partial charge in [-0.25, -0.2) is 9.37 Å². The van der Waals surface area contributed by atoms with Crippen LogP contribution in [0.5, 0.6) is 5.75 Å². The van der Waals surface area contributed by atoms with Gasteiger partial charge in [-0.15, -0.1) is 0 Å². The van der Waals surface area contributed by atoms with Crippen LogP contribution in [0, 0.1) is 13.8 Å². The molecular formula is C40H41ClFN3O8. The van der Waals surface area contributed by atoms with Crippen LogP contribution >= 0.6 is 11.6 Å². The van der Waals surface area contributed by atoms with Crippen LogP contribution in [0.15, 0.2) is 71.1 Å². The second-order valence-electron chi connectivity index (χ2n) is 12.2. The summed E-state index contributed by atoms with van der Waals surface area (Å²) in [5.41, 5.74) is 7.68. The lowest BCUT2D eigenvalue weighted by Gasteiger charge is -2.16. The van der Waals surface area contributed by atoms with E-state index in [1.807, 2.05) is 50.2 Å². The van der Waals surface area contributed by atoms with Gasteiger partial charge in [-0.2, -0.15) is 0 Å². The van der Waals surface area contributed by atoms with Gasteiger partial charge in [0.2, 0.25) is 5.89 Å². The Bertz CT molecular complexity index is 2150. The molecule has 0 aliphatic rings. The van der Waals surface area contributed by atoms with Gasteiger partial charge in [0.05, 0.1) is 39.6 Å². The monoisotopic (exact) mass is 745 g/mol. The molecule has 0 saturated carbocycles. The second-order valence-corrected chi connectivity index (χ2v) is 12.6. The SMILES string of the molecule is COC(=O)[C@@H](CO)NCc1cc(Cl)c2oc(-c3cccc(-c4cccc(/C=C(\F)c5ccc(CN[C@H](CO)C(=O)OC)c(OC)c5)c4C)c3C)nc2c1. The second kappa shape index (κ2) is 17.6. The van der Waals surface area contributed by atoms with Gasteiger partial charge in [0.25, 0.3) is 0 Å². The van der Waals surface area contributed by atoms with Crippen LogP contribution in [0.2, 0.25) is 5.02 Å². The van der Waals surface area contributed by atoms with Crippen LogP contribution in [-0.4, -0.2) is 73.8 Å². The topological polar surface area (TPSA) is 152 Å². The van der Waals surface area contributed by atoms with Crippen molar-refractivity contribution in [1.82, 2.24) is 15.6 Å². The van der Waals surface area contributed by atoms with E-state index in [0.717, 1.165) is 33.4 Å². The minimum absolute atomic E-state index is 0.189. The Balaban J connectivity index is 1.41. The highest BCUT2D eigenvalue weighted by Gasteiger charge is 2.21. The Morgan fingerprint density at radius 2 is 1.49 bits per heavy atom. The summed E-state index contributed by atoms with van der Waals surface area (Å²) in [6.07, 6.45) is 1.48. The van der Waals surface area contributed by atoms with Gasteiger partial charge < -0.3 is 28.8 Å². The number of carbonyl (C=O) groups excluding carboxylic acids is 2. The number of aromatic nitrogens is 1. The van der Waals surface area contributed by atoms with Crippen molar-refractivity contribution in [3.63, 3.8) is 0 Å². The molecule has 0 spiro atoms. The summed E-state index contributed by atoms with van der Waals surface area (Å²) in [6, 6.07) is 18.1. The maximum absolute atomic E-state index is 15.8. The Hall–Kier alpha value is -5.11. The Morgan fingerprint density at radius 3 is 2.13 bits per heavy atom. The highest BCUT2D eigenvalue weighted by Crippen LogP contribution is 2.37. The molecule has 4 N–H and O–H groups in total. The zero-order valence-corrected chi connectivity index (χ0v) is 30.7. The molecule has 1 aromatic heterocycles. The minimum atomic E-state index is -0.904. The van der Waals surface area contributed by atoms with Crippen LogP contribution in [0.4, 0.5) is 4.39 Å². The molecule has 0 unspecified atom stereocenters. The van der Waals surface area contributed by atoms with Crippen molar-refractivity contribution in [3.05, 3.63) is 105 Å². The van der Waals surface area contributed by atoms with Gasteiger partial charge in [-0.3, -0.25) is 20.2 Å². The molecule has 5 rings (SSSR count). The number of nitrogens with one attached hydrogen (secondary N) is 2. The summed E-state index contributed by atoms with van der Waals surface area (Å²) in [6.45, 7) is 3.47.